The lowest BCUT2D eigenvalue weighted by atomic mass is 10.1. The van der Waals surface area contributed by atoms with Crippen LogP contribution in [0, 0.1) is 0 Å². The number of hydrogen-bond acceptors (Lipinski definition) is 6. The van der Waals surface area contributed by atoms with Gasteiger partial charge in [0.05, 0.1) is 5.56 Å². The number of piperazine rings is 1. The fourth-order valence-corrected chi connectivity index (χ4v) is 4.38. The van der Waals surface area contributed by atoms with Crippen molar-refractivity contribution in [3.05, 3.63) is 35.5 Å². The average Bonchev–Trinajstić information content (AvgIpc) is 3.28. The molecule has 0 radical (unpaired) electrons. The van der Waals surface area contributed by atoms with E-state index in [4.69, 9.17) is 21.3 Å². The minimum Gasteiger partial charge on any atom is -0.368 e. The molecule has 28 heavy (non-hydrogen) atoms. The maximum absolute atomic E-state index is 12.6. The van der Waals surface area contributed by atoms with E-state index < -0.39 is 0 Å². The number of nitrogens with zero attached hydrogens (tertiary/aromatic N) is 4. The third-order valence-electron chi connectivity index (χ3n) is 5.17. The highest BCUT2D eigenvalue weighted by Crippen LogP contribution is 2.36. The van der Waals surface area contributed by atoms with Crippen LogP contribution in [0.4, 0.5) is 5.82 Å². The van der Waals surface area contributed by atoms with Gasteiger partial charge in [0, 0.05) is 32.8 Å². The maximum Gasteiger partial charge on any atom is 0.251 e. The third kappa shape index (κ3) is 3.97. The fraction of sp³-hybridized carbons (Fsp3) is 0.450. The molecule has 2 saturated heterocycles. The molecule has 8 heteroatoms. The Kier molecular flexibility index (Phi) is 6.04. The Morgan fingerprint density at radius 3 is 2.57 bits per heavy atom. The molecular weight excluding hydrogens is 396 g/mol. The SMILES string of the molecule is CSc1nc(Cl)c(-c2ccccc2)c(N2CCN(C(=O)C3CCCO3)CC2)n1. The van der Waals surface area contributed by atoms with Crippen molar-refractivity contribution in [3.8, 4) is 11.1 Å². The van der Waals surface area contributed by atoms with Gasteiger partial charge in [-0.1, -0.05) is 53.7 Å². The first-order valence-corrected chi connectivity index (χ1v) is 11.1. The zero-order valence-electron chi connectivity index (χ0n) is 15.8. The second-order valence-electron chi connectivity index (χ2n) is 6.88. The third-order valence-corrected chi connectivity index (χ3v) is 5.99. The predicted molar refractivity (Wildman–Crippen MR) is 112 cm³/mol. The van der Waals surface area contributed by atoms with Crippen LogP contribution in [0.3, 0.4) is 0 Å². The Morgan fingerprint density at radius 1 is 1.18 bits per heavy atom. The minimum atomic E-state index is -0.261. The molecule has 2 aliphatic heterocycles. The van der Waals surface area contributed by atoms with Crippen molar-refractivity contribution in [2.45, 2.75) is 24.1 Å². The van der Waals surface area contributed by atoms with Crippen molar-refractivity contribution in [2.75, 3.05) is 43.9 Å². The van der Waals surface area contributed by atoms with Crippen molar-refractivity contribution in [2.24, 2.45) is 0 Å². The number of carbonyl (C=O) groups excluding carboxylic acids is 1. The van der Waals surface area contributed by atoms with Crippen molar-refractivity contribution in [1.29, 1.82) is 0 Å². The fourth-order valence-electron chi connectivity index (χ4n) is 3.69. The van der Waals surface area contributed by atoms with Gasteiger partial charge in [-0.05, 0) is 24.7 Å². The summed E-state index contributed by atoms with van der Waals surface area (Å²) in [5, 5.41) is 1.11. The van der Waals surface area contributed by atoms with E-state index >= 15 is 0 Å². The highest BCUT2D eigenvalue weighted by Gasteiger charge is 2.31. The average molecular weight is 419 g/mol. The number of benzene rings is 1. The molecule has 0 spiro atoms. The molecule has 1 aromatic heterocycles. The number of anilines is 1. The molecule has 1 atom stereocenters. The van der Waals surface area contributed by atoms with Crippen molar-refractivity contribution in [3.63, 3.8) is 0 Å². The number of hydrogen-bond donors (Lipinski definition) is 0. The zero-order chi connectivity index (χ0) is 19.5. The molecule has 0 saturated carbocycles. The molecule has 0 bridgehead atoms. The number of ether oxygens (including phenoxy) is 1. The summed E-state index contributed by atoms with van der Waals surface area (Å²) in [7, 11) is 0. The van der Waals surface area contributed by atoms with E-state index in [1.807, 2.05) is 41.5 Å². The van der Waals surface area contributed by atoms with Gasteiger partial charge in [-0.25, -0.2) is 9.97 Å². The Balaban J connectivity index is 1.57. The van der Waals surface area contributed by atoms with Gasteiger partial charge in [0.2, 0.25) is 0 Å². The Bertz CT molecular complexity index is 838. The number of rotatable bonds is 4. The summed E-state index contributed by atoms with van der Waals surface area (Å²) in [6.45, 7) is 3.42. The van der Waals surface area contributed by atoms with E-state index in [9.17, 15) is 4.79 Å². The van der Waals surface area contributed by atoms with Crippen LogP contribution < -0.4 is 4.90 Å². The molecule has 1 aromatic carbocycles. The molecule has 148 valence electrons. The summed E-state index contributed by atoms with van der Waals surface area (Å²) >= 11 is 8.03. The van der Waals surface area contributed by atoms with E-state index in [1.54, 1.807) is 0 Å². The number of amides is 1. The van der Waals surface area contributed by atoms with Crippen LogP contribution in [0.15, 0.2) is 35.5 Å². The molecule has 1 amide bonds. The molecule has 4 rings (SSSR count). The first-order valence-electron chi connectivity index (χ1n) is 9.49. The number of thioether (sulfide) groups is 1. The molecular formula is C20H23ClN4O2S. The smallest absolute Gasteiger partial charge is 0.251 e. The molecule has 0 aliphatic carbocycles. The quantitative estimate of drug-likeness (QED) is 0.431. The molecule has 2 fully saturated rings. The summed E-state index contributed by atoms with van der Waals surface area (Å²) in [5.41, 5.74) is 1.84. The van der Waals surface area contributed by atoms with Gasteiger partial charge < -0.3 is 14.5 Å². The topological polar surface area (TPSA) is 58.6 Å². The Labute approximate surface area is 174 Å². The van der Waals surface area contributed by atoms with Crippen LogP contribution in [0.2, 0.25) is 5.15 Å². The largest absolute Gasteiger partial charge is 0.368 e. The van der Waals surface area contributed by atoms with E-state index in [0.717, 1.165) is 29.8 Å². The Hall–Kier alpha value is -1.83. The summed E-state index contributed by atoms with van der Waals surface area (Å²) < 4.78 is 5.56. The molecule has 1 unspecified atom stereocenters. The molecule has 0 N–H and O–H groups in total. The van der Waals surface area contributed by atoms with Gasteiger partial charge in [-0.2, -0.15) is 0 Å². The van der Waals surface area contributed by atoms with Gasteiger partial charge in [-0.15, -0.1) is 0 Å². The molecule has 3 heterocycles. The van der Waals surface area contributed by atoms with Gasteiger partial charge >= 0.3 is 0 Å². The van der Waals surface area contributed by atoms with Crippen LogP contribution in [0.25, 0.3) is 11.1 Å². The summed E-state index contributed by atoms with van der Waals surface area (Å²) in [6, 6.07) is 9.98. The molecule has 6 nitrogen and oxygen atoms in total. The maximum atomic E-state index is 12.6. The van der Waals surface area contributed by atoms with Gasteiger partial charge in [0.15, 0.2) is 5.16 Å². The highest BCUT2D eigenvalue weighted by molar-refractivity contribution is 7.98. The van der Waals surface area contributed by atoms with Crippen molar-refractivity contribution < 1.29 is 9.53 Å². The van der Waals surface area contributed by atoms with Gasteiger partial charge in [0.1, 0.15) is 17.1 Å². The Morgan fingerprint density at radius 2 is 1.93 bits per heavy atom. The zero-order valence-corrected chi connectivity index (χ0v) is 17.4. The van der Waals surface area contributed by atoms with E-state index in [0.29, 0.717) is 43.1 Å². The lowest BCUT2D eigenvalue weighted by Crippen LogP contribution is -2.51. The van der Waals surface area contributed by atoms with E-state index in [-0.39, 0.29) is 12.0 Å². The summed E-state index contributed by atoms with van der Waals surface area (Å²) in [4.78, 5) is 25.9. The normalized spacial score (nSPS) is 19.9. The highest BCUT2D eigenvalue weighted by atomic mass is 35.5. The van der Waals surface area contributed by atoms with Gasteiger partial charge in [0.25, 0.3) is 5.91 Å². The van der Waals surface area contributed by atoms with Crippen LogP contribution >= 0.6 is 23.4 Å². The van der Waals surface area contributed by atoms with E-state index in [1.165, 1.54) is 11.8 Å². The van der Waals surface area contributed by atoms with Crippen LogP contribution in [-0.4, -0.2) is 65.9 Å². The second-order valence-corrected chi connectivity index (χ2v) is 8.01. The van der Waals surface area contributed by atoms with Crippen molar-refractivity contribution in [1.82, 2.24) is 14.9 Å². The lowest BCUT2D eigenvalue weighted by Gasteiger charge is -2.37. The van der Waals surface area contributed by atoms with Crippen LogP contribution in [0.5, 0.6) is 0 Å². The van der Waals surface area contributed by atoms with Crippen LogP contribution in [-0.2, 0) is 9.53 Å². The number of carbonyl (C=O) groups is 1. The summed E-state index contributed by atoms with van der Waals surface area (Å²) in [5.74, 6) is 0.950. The summed E-state index contributed by atoms with van der Waals surface area (Å²) in [6.07, 6.45) is 3.47. The molecule has 2 aromatic rings. The first kappa shape index (κ1) is 19.5. The van der Waals surface area contributed by atoms with E-state index in [2.05, 4.69) is 9.88 Å². The predicted octanol–water partition coefficient (Wildman–Crippen LogP) is 3.35. The lowest BCUT2D eigenvalue weighted by molar-refractivity contribution is -0.141. The number of aromatic nitrogens is 2. The van der Waals surface area contributed by atoms with Crippen molar-refractivity contribution >= 4 is 35.1 Å². The first-order chi connectivity index (χ1) is 13.7. The standard InChI is InChI=1S/C20H23ClN4O2S/c1-28-20-22-17(21)16(14-6-3-2-4-7-14)18(23-20)24-9-11-25(12-10-24)19(26)15-8-5-13-27-15/h2-4,6-7,15H,5,8-13H2,1H3. The molecule has 2 aliphatic rings. The van der Waals surface area contributed by atoms with Crippen LogP contribution in [0.1, 0.15) is 12.8 Å². The monoisotopic (exact) mass is 418 g/mol. The minimum absolute atomic E-state index is 0.117. The van der Waals surface area contributed by atoms with Gasteiger partial charge in [-0.3, -0.25) is 4.79 Å². The second kappa shape index (κ2) is 8.68. The number of halogens is 1.